The third-order valence-corrected chi connectivity index (χ3v) is 1.78. The Morgan fingerprint density at radius 2 is 2.07 bits per heavy atom. The molecule has 0 aromatic heterocycles. The number of amides is 1. The summed E-state index contributed by atoms with van der Waals surface area (Å²) < 4.78 is 0. The van der Waals surface area contributed by atoms with E-state index in [1.807, 2.05) is 13.8 Å². The number of hydrogen-bond donors (Lipinski definition) is 4. The van der Waals surface area contributed by atoms with E-state index in [1.54, 1.807) is 0 Å². The molecule has 0 radical (unpaired) electrons. The number of hydrogen-bond acceptors (Lipinski definition) is 4. The van der Waals surface area contributed by atoms with Crippen LogP contribution in [-0.4, -0.2) is 41.4 Å². The van der Waals surface area contributed by atoms with E-state index in [0.717, 1.165) is 0 Å². The average molecular weight is 204 g/mol. The van der Waals surface area contributed by atoms with Gasteiger partial charge >= 0.3 is 0 Å². The number of aliphatic hydroxyl groups excluding tert-OH is 2. The number of aliphatic hydroxyl groups is 2. The zero-order valence-electron chi connectivity index (χ0n) is 8.73. The van der Waals surface area contributed by atoms with E-state index in [2.05, 4.69) is 5.32 Å². The average Bonchev–Trinajstić information content (AvgIpc) is 2.12. The normalized spacial score (nSPS) is 15.3. The Morgan fingerprint density at radius 1 is 1.50 bits per heavy atom. The maximum Gasteiger partial charge on any atom is 0.237 e. The highest BCUT2D eigenvalue weighted by Crippen LogP contribution is 2.02. The first-order valence-electron chi connectivity index (χ1n) is 4.79. The second-order valence-electron chi connectivity index (χ2n) is 3.82. The molecule has 0 rings (SSSR count). The standard InChI is InChI=1S/C9H20N2O3/c1-6(2)3-8(10)9(14)11-4-7(13)5-12/h6-8,12-13H,3-5,10H2,1-2H3,(H,11,14)/t7-,8?/m1/s1. The Labute approximate surface area is 84.3 Å². The van der Waals surface area contributed by atoms with Gasteiger partial charge in [0.1, 0.15) is 0 Å². The first kappa shape index (κ1) is 13.4. The van der Waals surface area contributed by atoms with Crippen molar-refractivity contribution in [1.82, 2.24) is 5.32 Å². The van der Waals surface area contributed by atoms with Crippen LogP contribution in [0.25, 0.3) is 0 Å². The number of nitrogens with two attached hydrogens (primary N) is 1. The maximum absolute atomic E-state index is 11.3. The topological polar surface area (TPSA) is 95.6 Å². The molecule has 5 N–H and O–H groups in total. The molecule has 84 valence electrons. The van der Waals surface area contributed by atoms with Crippen LogP contribution in [0.3, 0.4) is 0 Å². The van der Waals surface area contributed by atoms with Crippen LogP contribution in [0.2, 0.25) is 0 Å². The van der Waals surface area contributed by atoms with Crippen LogP contribution in [0.4, 0.5) is 0 Å². The second-order valence-corrected chi connectivity index (χ2v) is 3.82. The fraction of sp³-hybridized carbons (Fsp3) is 0.889. The van der Waals surface area contributed by atoms with Crippen molar-refractivity contribution in [2.75, 3.05) is 13.2 Å². The smallest absolute Gasteiger partial charge is 0.237 e. The van der Waals surface area contributed by atoms with E-state index >= 15 is 0 Å². The molecule has 0 aliphatic carbocycles. The minimum Gasteiger partial charge on any atom is -0.394 e. The largest absolute Gasteiger partial charge is 0.394 e. The van der Waals surface area contributed by atoms with Gasteiger partial charge < -0.3 is 21.3 Å². The van der Waals surface area contributed by atoms with Gasteiger partial charge in [-0.25, -0.2) is 0 Å². The molecule has 5 nitrogen and oxygen atoms in total. The van der Waals surface area contributed by atoms with Crippen LogP contribution < -0.4 is 11.1 Å². The predicted molar refractivity (Wildman–Crippen MR) is 53.5 cm³/mol. The molecular formula is C9H20N2O3. The van der Waals surface area contributed by atoms with Crippen molar-refractivity contribution in [3.8, 4) is 0 Å². The first-order valence-corrected chi connectivity index (χ1v) is 4.79. The van der Waals surface area contributed by atoms with Gasteiger partial charge in [-0.05, 0) is 12.3 Å². The summed E-state index contributed by atoms with van der Waals surface area (Å²) in [6.07, 6.45) is -0.300. The lowest BCUT2D eigenvalue weighted by atomic mass is 10.0. The third kappa shape index (κ3) is 5.90. The van der Waals surface area contributed by atoms with Gasteiger partial charge in [0, 0.05) is 6.54 Å². The van der Waals surface area contributed by atoms with Gasteiger partial charge in [-0.3, -0.25) is 4.79 Å². The molecule has 1 unspecified atom stereocenters. The molecule has 0 aliphatic heterocycles. The SMILES string of the molecule is CC(C)CC(N)C(=O)NC[C@@H](O)CO. The number of carbonyl (C=O) groups excluding carboxylic acids is 1. The zero-order chi connectivity index (χ0) is 11.1. The lowest BCUT2D eigenvalue weighted by Gasteiger charge is -2.15. The van der Waals surface area contributed by atoms with Crippen molar-refractivity contribution in [3.05, 3.63) is 0 Å². The van der Waals surface area contributed by atoms with Crippen molar-refractivity contribution in [2.45, 2.75) is 32.4 Å². The van der Waals surface area contributed by atoms with Gasteiger partial charge in [-0.15, -0.1) is 0 Å². The van der Waals surface area contributed by atoms with Gasteiger partial charge in [0.05, 0.1) is 18.8 Å². The van der Waals surface area contributed by atoms with Crippen LogP contribution in [0.5, 0.6) is 0 Å². The van der Waals surface area contributed by atoms with Crippen molar-refractivity contribution < 1.29 is 15.0 Å². The van der Waals surface area contributed by atoms with Gasteiger partial charge in [0.25, 0.3) is 0 Å². The third-order valence-electron chi connectivity index (χ3n) is 1.78. The highest BCUT2D eigenvalue weighted by atomic mass is 16.3. The van der Waals surface area contributed by atoms with Crippen LogP contribution in [0.15, 0.2) is 0 Å². The number of nitrogens with one attached hydrogen (secondary N) is 1. The van der Waals surface area contributed by atoms with Crippen molar-refractivity contribution in [2.24, 2.45) is 11.7 Å². The zero-order valence-corrected chi connectivity index (χ0v) is 8.73. The van der Waals surface area contributed by atoms with Crippen LogP contribution >= 0.6 is 0 Å². The Kier molecular flexibility index (Phi) is 6.44. The highest BCUT2D eigenvalue weighted by molar-refractivity contribution is 5.81. The summed E-state index contributed by atoms with van der Waals surface area (Å²) in [5.74, 6) is 0.0738. The maximum atomic E-state index is 11.3. The van der Waals surface area contributed by atoms with E-state index in [1.165, 1.54) is 0 Å². The van der Waals surface area contributed by atoms with E-state index in [0.29, 0.717) is 12.3 Å². The molecule has 0 saturated heterocycles. The van der Waals surface area contributed by atoms with E-state index in [9.17, 15) is 4.79 Å². The molecule has 0 heterocycles. The quantitative estimate of drug-likeness (QED) is 0.438. The first-order chi connectivity index (χ1) is 6.47. The molecule has 0 saturated carbocycles. The Balaban J connectivity index is 3.73. The van der Waals surface area contributed by atoms with Crippen LogP contribution in [0, 0.1) is 5.92 Å². The summed E-state index contributed by atoms with van der Waals surface area (Å²) in [4.78, 5) is 11.3. The summed E-state index contributed by atoms with van der Waals surface area (Å²) in [6.45, 7) is 3.65. The van der Waals surface area contributed by atoms with Gasteiger partial charge in [-0.1, -0.05) is 13.8 Å². The molecule has 1 amide bonds. The number of carbonyl (C=O) groups is 1. The minimum absolute atomic E-state index is 0.0428. The van der Waals surface area contributed by atoms with Crippen molar-refractivity contribution >= 4 is 5.91 Å². The summed E-state index contributed by atoms with van der Waals surface area (Å²) in [5, 5.41) is 19.9. The summed E-state index contributed by atoms with van der Waals surface area (Å²) in [7, 11) is 0. The monoisotopic (exact) mass is 204 g/mol. The fourth-order valence-electron chi connectivity index (χ4n) is 1.03. The van der Waals surface area contributed by atoms with E-state index in [-0.39, 0.29) is 19.1 Å². The molecule has 0 aromatic carbocycles. The van der Waals surface area contributed by atoms with E-state index in [4.69, 9.17) is 15.9 Å². The molecule has 0 fully saturated rings. The minimum atomic E-state index is -0.912. The lowest BCUT2D eigenvalue weighted by molar-refractivity contribution is -0.123. The fourth-order valence-corrected chi connectivity index (χ4v) is 1.03. The Hall–Kier alpha value is -0.650. The molecule has 0 aromatic rings. The second kappa shape index (κ2) is 6.75. The van der Waals surface area contributed by atoms with Crippen molar-refractivity contribution in [3.63, 3.8) is 0 Å². The molecule has 0 spiro atoms. The highest BCUT2D eigenvalue weighted by Gasteiger charge is 2.15. The van der Waals surface area contributed by atoms with Gasteiger partial charge in [0.15, 0.2) is 0 Å². The van der Waals surface area contributed by atoms with Gasteiger partial charge in [-0.2, -0.15) is 0 Å². The summed E-state index contributed by atoms with van der Waals surface area (Å²) in [5.41, 5.74) is 5.59. The van der Waals surface area contributed by atoms with Gasteiger partial charge in [0.2, 0.25) is 5.91 Å². The van der Waals surface area contributed by atoms with Crippen LogP contribution in [0.1, 0.15) is 20.3 Å². The molecule has 2 atom stereocenters. The Morgan fingerprint density at radius 3 is 2.50 bits per heavy atom. The summed E-state index contributed by atoms with van der Waals surface area (Å²) >= 11 is 0. The predicted octanol–water partition coefficient (Wildman–Crippen LogP) is -1.17. The molecule has 0 aliphatic rings. The molecule has 0 bridgehead atoms. The molecular weight excluding hydrogens is 184 g/mol. The molecule has 14 heavy (non-hydrogen) atoms. The number of rotatable bonds is 6. The lowest BCUT2D eigenvalue weighted by Crippen LogP contribution is -2.44. The van der Waals surface area contributed by atoms with Crippen LogP contribution in [-0.2, 0) is 4.79 Å². The van der Waals surface area contributed by atoms with E-state index < -0.39 is 12.1 Å². The van der Waals surface area contributed by atoms with Crippen molar-refractivity contribution in [1.29, 1.82) is 0 Å². The molecule has 5 heteroatoms. The Bertz CT molecular complexity index is 173. The summed E-state index contributed by atoms with van der Waals surface area (Å²) in [6, 6.07) is -0.541.